The summed E-state index contributed by atoms with van der Waals surface area (Å²) in [5.41, 5.74) is 5.35. The third kappa shape index (κ3) is 1.02. The van der Waals surface area contributed by atoms with Gasteiger partial charge >= 0.3 is 0 Å². The van der Waals surface area contributed by atoms with E-state index in [1.165, 1.54) is 0 Å². The van der Waals surface area contributed by atoms with Crippen molar-refractivity contribution >= 4 is 11.9 Å². The molecule has 2 N–H and O–H groups in total. The molecule has 1 aromatic heterocycles. The van der Waals surface area contributed by atoms with Crippen LogP contribution in [-0.4, -0.2) is 28.9 Å². The first-order valence-electron chi connectivity index (χ1n) is 2.95. The van der Waals surface area contributed by atoms with E-state index < -0.39 is 0 Å². The van der Waals surface area contributed by atoms with Crippen molar-refractivity contribution < 1.29 is 0 Å². The highest BCUT2D eigenvalue weighted by molar-refractivity contribution is 5.32. The normalized spacial score (nSPS) is 9.90. The molecule has 1 aromatic rings. The maximum atomic E-state index is 5.35. The third-order valence-corrected chi connectivity index (χ3v) is 1.16. The van der Waals surface area contributed by atoms with Gasteiger partial charge in [-0.15, -0.1) is 5.10 Å². The highest BCUT2D eigenvalue weighted by atomic mass is 15.4. The maximum absolute atomic E-state index is 5.35. The molecule has 5 heteroatoms. The second-order valence-corrected chi connectivity index (χ2v) is 2.29. The number of nitrogens with zero attached hydrogens (tertiary/aromatic N) is 4. The lowest BCUT2D eigenvalue weighted by Crippen LogP contribution is -2.14. The molecule has 0 saturated heterocycles. The second kappa shape index (κ2) is 2.17. The van der Waals surface area contributed by atoms with Crippen molar-refractivity contribution in [3.8, 4) is 0 Å². The average molecular weight is 141 g/mol. The van der Waals surface area contributed by atoms with Crippen molar-refractivity contribution in [2.45, 2.75) is 0 Å². The Hall–Kier alpha value is -1.26. The summed E-state index contributed by atoms with van der Waals surface area (Å²) in [4.78, 5) is 5.82. The molecule has 10 heavy (non-hydrogen) atoms. The van der Waals surface area contributed by atoms with Crippen molar-refractivity contribution in [2.75, 3.05) is 24.7 Å². The molecule has 0 aromatic carbocycles. The van der Waals surface area contributed by atoms with Crippen LogP contribution in [-0.2, 0) is 7.05 Å². The van der Waals surface area contributed by atoms with Gasteiger partial charge in [-0.05, 0) is 0 Å². The van der Waals surface area contributed by atoms with Gasteiger partial charge in [0.05, 0.1) is 0 Å². The molecule has 0 unspecified atom stereocenters. The number of aromatic nitrogens is 3. The van der Waals surface area contributed by atoms with Gasteiger partial charge in [0.15, 0.2) is 0 Å². The lowest BCUT2D eigenvalue weighted by atomic mass is 10.8. The summed E-state index contributed by atoms with van der Waals surface area (Å²) in [5, 5.41) is 3.87. The van der Waals surface area contributed by atoms with Crippen molar-refractivity contribution in [3.05, 3.63) is 0 Å². The Morgan fingerprint density at radius 3 is 2.30 bits per heavy atom. The highest BCUT2D eigenvalue weighted by Crippen LogP contribution is 2.05. The summed E-state index contributed by atoms with van der Waals surface area (Å²) in [7, 11) is 5.59. The lowest BCUT2D eigenvalue weighted by Gasteiger charge is -2.08. The first kappa shape index (κ1) is 6.85. The Labute approximate surface area is 59.5 Å². The minimum absolute atomic E-state index is 0.311. The summed E-state index contributed by atoms with van der Waals surface area (Å²) in [6.45, 7) is 0. The Kier molecular flexibility index (Phi) is 1.48. The van der Waals surface area contributed by atoms with Crippen LogP contribution in [0.15, 0.2) is 0 Å². The monoisotopic (exact) mass is 141 g/mol. The first-order valence-corrected chi connectivity index (χ1v) is 2.95. The quantitative estimate of drug-likeness (QED) is 0.570. The molecule has 1 rings (SSSR count). The van der Waals surface area contributed by atoms with Gasteiger partial charge in [-0.3, -0.25) is 0 Å². The SMILES string of the molecule is CN(C)c1nc(N)nn1C. The molecule has 0 aliphatic heterocycles. The smallest absolute Gasteiger partial charge is 0.241 e. The van der Waals surface area contributed by atoms with Crippen LogP contribution < -0.4 is 10.6 Å². The van der Waals surface area contributed by atoms with Gasteiger partial charge in [-0.1, -0.05) is 0 Å². The minimum atomic E-state index is 0.311. The Morgan fingerprint density at radius 2 is 2.10 bits per heavy atom. The predicted molar refractivity (Wildman–Crippen MR) is 39.7 cm³/mol. The standard InChI is InChI=1S/C5H11N5/c1-9(2)5-7-4(6)8-10(5)3/h1-3H3,(H2,6,8). The first-order chi connectivity index (χ1) is 4.61. The van der Waals surface area contributed by atoms with Gasteiger partial charge in [0.25, 0.3) is 0 Å². The van der Waals surface area contributed by atoms with Gasteiger partial charge in [0.1, 0.15) is 0 Å². The fourth-order valence-electron chi connectivity index (χ4n) is 0.785. The van der Waals surface area contributed by atoms with Crippen LogP contribution >= 0.6 is 0 Å². The van der Waals surface area contributed by atoms with Crippen LogP contribution in [0.1, 0.15) is 0 Å². The number of nitrogens with two attached hydrogens (primary N) is 1. The molecule has 0 atom stereocenters. The molecule has 0 aliphatic rings. The van der Waals surface area contributed by atoms with Gasteiger partial charge in [-0.2, -0.15) is 4.98 Å². The van der Waals surface area contributed by atoms with Crippen molar-refractivity contribution in [3.63, 3.8) is 0 Å². The fourth-order valence-corrected chi connectivity index (χ4v) is 0.785. The van der Waals surface area contributed by atoms with Gasteiger partial charge in [0.2, 0.25) is 11.9 Å². The van der Waals surface area contributed by atoms with Crippen LogP contribution in [0.4, 0.5) is 11.9 Å². The zero-order valence-electron chi connectivity index (χ0n) is 6.37. The number of nitrogen functional groups attached to an aromatic ring is 1. The van der Waals surface area contributed by atoms with E-state index in [1.807, 2.05) is 19.0 Å². The number of rotatable bonds is 1. The van der Waals surface area contributed by atoms with Crippen LogP contribution in [0.5, 0.6) is 0 Å². The zero-order valence-corrected chi connectivity index (χ0v) is 6.37. The Bertz CT molecular complexity index is 226. The Balaban J connectivity index is 3.03. The molecule has 0 fully saturated rings. The summed E-state index contributed by atoms with van der Waals surface area (Å²) < 4.78 is 1.63. The third-order valence-electron chi connectivity index (χ3n) is 1.16. The van der Waals surface area contributed by atoms with E-state index in [0.29, 0.717) is 5.95 Å². The second-order valence-electron chi connectivity index (χ2n) is 2.29. The topological polar surface area (TPSA) is 60.0 Å². The number of aryl methyl sites for hydroxylation is 1. The molecule has 5 nitrogen and oxygen atoms in total. The largest absolute Gasteiger partial charge is 0.366 e. The highest BCUT2D eigenvalue weighted by Gasteiger charge is 2.04. The number of anilines is 2. The molecule has 0 radical (unpaired) electrons. The van der Waals surface area contributed by atoms with E-state index in [9.17, 15) is 0 Å². The van der Waals surface area contributed by atoms with Crippen molar-refractivity contribution in [1.29, 1.82) is 0 Å². The zero-order chi connectivity index (χ0) is 7.72. The van der Waals surface area contributed by atoms with E-state index >= 15 is 0 Å². The number of hydrogen-bond acceptors (Lipinski definition) is 4. The predicted octanol–water partition coefficient (Wildman–Crippen LogP) is -0.537. The van der Waals surface area contributed by atoms with E-state index in [1.54, 1.807) is 11.7 Å². The summed E-state index contributed by atoms with van der Waals surface area (Å²) in [6.07, 6.45) is 0. The summed E-state index contributed by atoms with van der Waals surface area (Å²) >= 11 is 0. The van der Waals surface area contributed by atoms with Crippen LogP contribution in [0.3, 0.4) is 0 Å². The number of hydrogen-bond donors (Lipinski definition) is 1. The van der Waals surface area contributed by atoms with Crippen LogP contribution in [0.25, 0.3) is 0 Å². The summed E-state index contributed by atoms with van der Waals surface area (Å²) in [5.74, 6) is 1.07. The molecule has 56 valence electrons. The lowest BCUT2D eigenvalue weighted by molar-refractivity contribution is 0.754. The average Bonchev–Trinajstić information content (AvgIpc) is 2.10. The van der Waals surface area contributed by atoms with E-state index in [4.69, 9.17) is 5.73 Å². The van der Waals surface area contributed by atoms with Crippen LogP contribution in [0.2, 0.25) is 0 Å². The fraction of sp³-hybridized carbons (Fsp3) is 0.600. The molecular weight excluding hydrogens is 130 g/mol. The van der Waals surface area contributed by atoms with Gasteiger partial charge in [0, 0.05) is 21.1 Å². The molecule has 0 spiro atoms. The molecule has 0 aliphatic carbocycles. The molecule has 1 heterocycles. The van der Waals surface area contributed by atoms with E-state index in [0.717, 1.165) is 5.95 Å². The molecule has 0 amide bonds. The maximum Gasteiger partial charge on any atom is 0.241 e. The summed E-state index contributed by atoms with van der Waals surface area (Å²) in [6, 6.07) is 0. The van der Waals surface area contributed by atoms with Gasteiger partial charge in [-0.25, -0.2) is 4.68 Å². The Morgan fingerprint density at radius 1 is 1.50 bits per heavy atom. The molecule has 0 bridgehead atoms. The van der Waals surface area contributed by atoms with E-state index in [2.05, 4.69) is 10.1 Å². The minimum Gasteiger partial charge on any atom is -0.366 e. The van der Waals surface area contributed by atoms with Crippen LogP contribution in [0, 0.1) is 0 Å². The molecule has 0 saturated carbocycles. The van der Waals surface area contributed by atoms with E-state index in [-0.39, 0.29) is 0 Å². The van der Waals surface area contributed by atoms with Crippen molar-refractivity contribution in [1.82, 2.24) is 14.8 Å². The van der Waals surface area contributed by atoms with Crippen molar-refractivity contribution in [2.24, 2.45) is 7.05 Å². The van der Waals surface area contributed by atoms with Gasteiger partial charge < -0.3 is 10.6 Å². The molecular formula is C5H11N5.